The number of thioether (sulfide) groups is 1. The first kappa shape index (κ1) is 16.2. The third-order valence-corrected chi connectivity index (χ3v) is 6.02. The molecule has 21 heavy (non-hydrogen) atoms. The van der Waals surface area contributed by atoms with Gasteiger partial charge in [-0.25, -0.2) is 13.4 Å². The van der Waals surface area contributed by atoms with Gasteiger partial charge in [-0.1, -0.05) is 11.8 Å². The van der Waals surface area contributed by atoms with Gasteiger partial charge in [-0.05, 0) is 19.2 Å². The largest absolute Gasteiger partial charge is 0.369 e. The summed E-state index contributed by atoms with van der Waals surface area (Å²) in [5.41, 5.74) is 5.05. The average Bonchev–Trinajstić information content (AvgIpc) is 2.46. The maximum absolute atomic E-state index is 12.5. The molecule has 0 unspecified atom stereocenters. The maximum atomic E-state index is 12.5. The highest BCUT2D eigenvalue weighted by molar-refractivity contribution is 7.99. The molecule has 1 aliphatic rings. The van der Waals surface area contributed by atoms with E-state index in [1.165, 1.54) is 28.3 Å². The smallest absolute Gasteiger partial charge is 0.244 e. The summed E-state index contributed by atoms with van der Waals surface area (Å²) in [7, 11) is -1.52. The zero-order valence-electron chi connectivity index (χ0n) is 11.7. The molecule has 1 amide bonds. The molecule has 0 aliphatic carbocycles. The maximum Gasteiger partial charge on any atom is 0.244 e. The summed E-state index contributed by atoms with van der Waals surface area (Å²) in [6.45, 7) is 2.41. The van der Waals surface area contributed by atoms with E-state index in [9.17, 15) is 13.2 Å². The second-order valence-electron chi connectivity index (χ2n) is 4.79. The van der Waals surface area contributed by atoms with Crippen LogP contribution in [0.25, 0.3) is 0 Å². The number of nitrogens with two attached hydrogens (primary N) is 1. The summed E-state index contributed by atoms with van der Waals surface area (Å²) in [5.74, 6) is -0.312. The SMILES string of the molecule is CN1CCN(S(=O)(=O)c2ccc(SCC(N)=O)nc2)CC1. The van der Waals surface area contributed by atoms with Gasteiger partial charge in [0.25, 0.3) is 0 Å². The Bertz CT molecular complexity index is 595. The van der Waals surface area contributed by atoms with E-state index < -0.39 is 15.9 Å². The van der Waals surface area contributed by atoms with E-state index in [-0.39, 0.29) is 10.6 Å². The van der Waals surface area contributed by atoms with Crippen LogP contribution in [0, 0.1) is 0 Å². The summed E-state index contributed by atoms with van der Waals surface area (Å²) in [6.07, 6.45) is 1.33. The van der Waals surface area contributed by atoms with Crippen molar-refractivity contribution in [3.8, 4) is 0 Å². The Morgan fingerprint density at radius 3 is 2.52 bits per heavy atom. The molecule has 9 heteroatoms. The molecule has 1 fully saturated rings. The Hall–Kier alpha value is -1.16. The number of carbonyl (C=O) groups excluding carboxylic acids is 1. The molecule has 1 saturated heterocycles. The molecule has 0 bridgehead atoms. The van der Waals surface area contributed by atoms with Crippen LogP contribution in [0.4, 0.5) is 0 Å². The minimum atomic E-state index is -3.49. The molecule has 0 spiro atoms. The van der Waals surface area contributed by atoms with Crippen LogP contribution in [0.2, 0.25) is 0 Å². The zero-order valence-corrected chi connectivity index (χ0v) is 13.4. The molecular weight excluding hydrogens is 312 g/mol. The summed E-state index contributed by atoms with van der Waals surface area (Å²) in [4.78, 5) is 17.0. The minimum absolute atomic E-state index is 0.123. The fourth-order valence-corrected chi connectivity index (χ4v) is 3.88. The van der Waals surface area contributed by atoms with Crippen molar-refractivity contribution in [2.24, 2.45) is 5.73 Å². The van der Waals surface area contributed by atoms with Crippen molar-refractivity contribution in [1.82, 2.24) is 14.2 Å². The van der Waals surface area contributed by atoms with Crippen LogP contribution >= 0.6 is 11.8 Å². The first-order valence-electron chi connectivity index (χ1n) is 6.45. The first-order valence-corrected chi connectivity index (χ1v) is 8.88. The topological polar surface area (TPSA) is 96.6 Å². The number of nitrogens with zero attached hydrogens (tertiary/aromatic N) is 3. The lowest BCUT2D eigenvalue weighted by Gasteiger charge is -2.31. The van der Waals surface area contributed by atoms with E-state index in [4.69, 9.17) is 5.73 Å². The lowest BCUT2D eigenvalue weighted by molar-refractivity contribution is -0.115. The lowest BCUT2D eigenvalue weighted by atomic mass is 10.4. The Balaban J connectivity index is 2.08. The minimum Gasteiger partial charge on any atom is -0.369 e. The highest BCUT2D eigenvalue weighted by Gasteiger charge is 2.27. The number of rotatable bonds is 5. The number of piperazine rings is 1. The van der Waals surface area contributed by atoms with E-state index in [0.717, 1.165) is 13.1 Å². The van der Waals surface area contributed by atoms with Crippen molar-refractivity contribution in [1.29, 1.82) is 0 Å². The lowest BCUT2D eigenvalue weighted by Crippen LogP contribution is -2.47. The van der Waals surface area contributed by atoms with E-state index in [2.05, 4.69) is 9.88 Å². The molecule has 0 atom stereocenters. The molecular formula is C12H18N4O3S2. The predicted molar refractivity (Wildman–Crippen MR) is 80.4 cm³/mol. The summed E-state index contributed by atoms with van der Waals surface area (Å²) < 4.78 is 26.4. The van der Waals surface area contributed by atoms with Crippen LogP contribution in [0.3, 0.4) is 0 Å². The second-order valence-corrected chi connectivity index (χ2v) is 7.73. The fraction of sp³-hybridized carbons (Fsp3) is 0.500. The van der Waals surface area contributed by atoms with Crippen LogP contribution in [-0.4, -0.2) is 67.5 Å². The van der Waals surface area contributed by atoms with Crippen LogP contribution in [0.15, 0.2) is 28.3 Å². The van der Waals surface area contributed by atoms with Crippen LogP contribution in [-0.2, 0) is 14.8 Å². The van der Waals surface area contributed by atoms with Crippen molar-refractivity contribution >= 4 is 27.7 Å². The van der Waals surface area contributed by atoms with Crippen LogP contribution in [0.1, 0.15) is 0 Å². The summed E-state index contributed by atoms with van der Waals surface area (Å²) >= 11 is 1.18. The van der Waals surface area contributed by atoms with Gasteiger partial charge in [0.2, 0.25) is 15.9 Å². The van der Waals surface area contributed by atoms with E-state index in [0.29, 0.717) is 18.1 Å². The van der Waals surface area contributed by atoms with Gasteiger partial charge in [0, 0.05) is 32.4 Å². The van der Waals surface area contributed by atoms with Crippen molar-refractivity contribution in [3.05, 3.63) is 18.3 Å². The normalized spacial score (nSPS) is 17.8. The third-order valence-electron chi connectivity index (χ3n) is 3.17. The molecule has 1 aliphatic heterocycles. The molecule has 0 saturated carbocycles. The van der Waals surface area contributed by atoms with Gasteiger partial charge in [0.1, 0.15) is 4.90 Å². The van der Waals surface area contributed by atoms with Crippen LogP contribution in [0.5, 0.6) is 0 Å². The summed E-state index contributed by atoms with van der Waals surface area (Å²) in [6, 6.07) is 3.11. The molecule has 1 aromatic heterocycles. The Kier molecular flexibility index (Phi) is 5.20. The third kappa shape index (κ3) is 4.16. The van der Waals surface area contributed by atoms with Gasteiger partial charge in [-0.2, -0.15) is 4.31 Å². The molecule has 2 N–H and O–H groups in total. The number of likely N-dealkylation sites (N-methyl/N-ethyl adjacent to an activating group) is 1. The van der Waals surface area contributed by atoms with Gasteiger partial charge in [-0.15, -0.1) is 0 Å². The van der Waals surface area contributed by atoms with Crippen LogP contribution < -0.4 is 5.73 Å². The van der Waals surface area contributed by atoms with Gasteiger partial charge in [0.05, 0.1) is 10.8 Å². The molecule has 2 heterocycles. The molecule has 2 rings (SSSR count). The van der Waals surface area contributed by atoms with Gasteiger partial charge in [-0.3, -0.25) is 4.79 Å². The predicted octanol–water partition coefficient (Wildman–Crippen LogP) is -0.405. The number of hydrogen-bond donors (Lipinski definition) is 1. The highest BCUT2D eigenvalue weighted by Crippen LogP contribution is 2.20. The van der Waals surface area contributed by atoms with Crippen molar-refractivity contribution in [2.75, 3.05) is 39.0 Å². The Morgan fingerprint density at radius 1 is 1.33 bits per heavy atom. The number of hydrogen-bond acceptors (Lipinski definition) is 6. The van der Waals surface area contributed by atoms with Gasteiger partial charge >= 0.3 is 0 Å². The van der Waals surface area contributed by atoms with Gasteiger partial charge in [0.15, 0.2) is 0 Å². The zero-order chi connectivity index (χ0) is 15.5. The molecule has 7 nitrogen and oxygen atoms in total. The number of aromatic nitrogens is 1. The quantitative estimate of drug-likeness (QED) is 0.738. The van der Waals surface area contributed by atoms with E-state index >= 15 is 0 Å². The molecule has 0 aromatic carbocycles. The highest BCUT2D eigenvalue weighted by atomic mass is 32.2. The van der Waals surface area contributed by atoms with E-state index in [1.807, 2.05) is 7.05 Å². The average molecular weight is 330 g/mol. The Labute approximate surface area is 128 Å². The van der Waals surface area contributed by atoms with Crippen molar-refractivity contribution in [2.45, 2.75) is 9.92 Å². The van der Waals surface area contributed by atoms with Crippen molar-refractivity contribution < 1.29 is 13.2 Å². The molecule has 116 valence electrons. The molecule has 1 aromatic rings. The Morgan fingerprint density at radius 2 is 2.00 bits per heavy atom. The number of carbonyl (C=O) groups is 1. The summed E-state index contributed by atoms with van der Waals surface area (Å²) in [5, 5.41) is 0.575. The monoisotopic (exact) mass is 330 g/mol. The standard InChI is InChI=1S/C12H18N4O3S2/c1-15-4-6-16(7-5-15)21(18,19)10-2-3-12(14-8-10)20-9-11(13)17/h2-3,8H,4-7,9H2,1H3,(H2,13,17). The van der Waals surface area contributed by atoms with E-state index in [1.54, 1.807) is 6.07 Å². The second kappa shape index (κ2) is 6.73. The first-order chi connectivity index (χ1) is 9.89. The number of primary amides is 1. The number of pyridine rings is 1. The molecule has 0 radical (unpaired) electrons. The van der Waals surface area contributed by atoms with Crippen molar-refractivity contribution in [3.63, 3.8) is 0 Å². The number of sulfonamides is 1. The van der Waals surface area contributed by atoms with Gasteiger partial charge < -0.3 is 10.6 Å². The fourth-order valence-electron chi connectivity index (χ4n) is 1.93. The number of amides is 1.